The Hall–Kier alpha value is -3.28. The van der Waals surface area contributed by atoms with E-state index in [2.05, 4.69) is 5.32 Å². The van der Waals surface area contributed by atoms with Gasteiger partial charge in [-0.3, -0.25) is 4.79 Å². The van der Waals surface area contributed by atoms with Crippen molar-refractivity contribution in [1.82, 2.24) is 10.2 Å². The van der Waals surface area contributed by atoms with Crippen LogP contribution in [0.15, 0.2) is 48.5 Å². The molecule has 0 spiro atoms. The maximum Gasteiger partial charge on any atom is 0.416 e. The van der Waals surface area contributed by atoms with Crippen LogP contribution in [-0.2, 0) is 21.9 Å². The second-order valence-electron chi connectivity index (χ2n) is 10.7. The topological polar surface area (TPSA) is 78.9 Å². The Morgan fingerprint density at radius 2 is 1.51 bits per heavy atom. The standard InChI is InChI=1S/C29H32F6N2O4/c1-17(20-13-21(28(30,31)32)15-22(14-20)29(33,34)35)41-25-11-12-37(16-24(25)18-5-3-2-4-6-18)26(38)19-7-9-23(10-8-19)36-27(39)40/h2-6,13-15,17,19,23-25,36H,7-12,16H2,1H3,(H,39,40)/t17-,19?,23?,24?,25?/m1/s1. The van der Waals surface area contributed by atoms with E-state index in [0.717, 1.165) is 5.56 Å². The molecule has 2 N–H and O–H groups in total. The summed E-state index contributed by atoms with van der Waals surface area (Å²) >= 11 is 0. The highest BCUT2D eigenvalue weighted by Gasteiger charge is 2.40. The number of hydrogen-bond acceptors (Lipinski definition) is 3. The second-order valence-corrected chi connectivity index (χ2v) is 10.7. The van der Waals surface area contributed by atoms with Gasteiger partial charge in [0.05, 0.1) is 23.3 Å². The normalized spacial score (nSPS) is 24.5. The van der Waals surface area contributed by atoms with E-state index in [-0.39, 0.29) is 42.0 Å². The second kappa shape index (κ2) is 12.3. The number of hydrogen-bond donors (Lipinski definition) is 2. The number of halogens is 6. The molecule has 2 amide bonds. The van der Waals surface area contributed by atoms with Crippen LogP contribution in [0.4, 0.5) is 31.1 Å². The van der Waals surface area contributed by atoms with Crippen LogP contribution < -0.4 is 5.32 Å². The minimum Gasteiger partial charge on any atom is -0.465 e. The fourth-order valence-electron chi connectivity index (χ4n) is 5.79. The summed E-state index contributed by atoms with van der Waals surface area (Å²) in [6, 6.07) is 10.4. The minimum atomic E-state index is -4.96. The van der Waals surface area contributed by atoms with Crippen molar-refractivity contribution < 1.29 is 45.8 Å². The van der Waals surface area contributed by atoms with Crippen molar-refractivity contribution in [3.63, 3.8) is 0 Å². The number of rotatable bonds is 6. The molecule has 12 heteroatoms. The van der Waals surface area contributed by atoms with Gasteiger partial charge in [-0.25, -0.2) is 4.79 Å². The summed E-state index contributed by atoms with van der Waals surface area (Å²) in [5.41, 5.74) is -2.18. The monoisotopic (exact) mass is 586 g/mol. The van der Waals surface area contributed by atoms with Crippen molar-refractivity contribution in [3.05, 3.63) is 70.8 Å². The van der Waals surface area contributed by atoms with Crippen molar-refractivity contribution in [2.45, 2.75) is 75.5 Å². The zero-order valence-electron chi connectivity index (χ0n) is 22.3. The lowest BCUT2D eigenvalue weighted by Crippen LogP contribution is -2.49. The first-order valence-electron chi connectivity index (χ1n) is 13.5. The average Bonchev–Trinajstić information content (AvgIpc) is 2.92. The SMILES string of the molecule is C[C@@H](OC1CCN(C(=O)C2CCC(NC(=O)O)CC2)CC1c1ccccc1)c1cc(C(F)(F)F)cc(C(F)(F)F)c1. The number of nitrogens with one attached hydrogen (secondary N) is 1. The first-order chi connectivity index (χ1) is 19.2. The molecule has 1 heterocycles. The molecule has 0 radical (unpaired) electrons. The Bertz CT molecular complexity index is 1180. The Labute approximate surface area is 233 Å². The van der Waals surface area contributed by atoms with Gasteiger partial charge in [0.15, 0.2) is 0 Å². The molecule has 2 unspecified atom stereocenters. The number of likely N-dealkylation sites (tertiary alicyclic amines) is 1. The van der Waals surface area contributed by atoms with Gasteiger partial charge in [-0.05, 0) is 68.4 Å². The van der Waals surface area contributed by atoms with Gasteiger partial charge in [-0.1, -0.05) is 30.3 Å². The van der Waals surface area contributed by atoms with Gasteiger partial charge in [-0.15, -0.1) is 0 Å². The summed E-state index contributed by atoms with van der Waals surface area (Å²) in [4.78, 5) is 26.1. The number of carboxylic acid groups (broad SMARTS) is 1. The number of amides is 2. The Balaban J connectivity index is 1.51. The molecule has 3 atom stereocenters. The largest absolute Gasteiger partial charge is 0.465 e. The number of carbonyl (C=O) groups excluding carboxylic acids is 1. The van der Waals surface area contributed by atoms with Crippen LogP contribution in [0.2, 0.25) is 0 Å². The number of alkyl halides is 6. The lowest BCUT2D eigenvalue weighted by molar-refractivity contribution is -0.143. The predicted octanol–water partition coefficient (Wildman–Crippen LogP) is 7.01. The smallest absolute Gasteiger partial charge is 0.416 e. The number of nitrogens with zero attached hydrogens (tertiary/aromatic N) is 1. The lowest BCUT2D eigenvalue weighted by atomic mass is 9.83. The zero-order chi connectivity index (χ0) is 29.9. The van der Waals surface area contributed by atoms with Gasteiger partial charge in [-0.2, -0.15) is 26.3 Å². The van der Waals surface area contributed by atoms with Gasteiger partial charge in [0, 0.05) is 31.0 Å². The molecule has 41 heavy (non-hydrogen) atoms. The van der Waals surface area contributed by atoms with E-state index in [1.54, 1.807) is 4.90 Å². The molecule has 4 rings (SSSR count). The number of carbonyl (C=O) groups is 2. The molecule has 2 aromatic carbocycles. The van der Waals surface area contributed by atoms with Gasteiger partial charge in [0.1, 0.15) is 0 Å². The summed E-state index contributed by atoms with van der Waals surface area (Å²) in [6.07, 6.45) is -10.1. The van der Waals surface area contributed by atoms with Crippen LogP contribution in [0.3, 0.4) is 0 Å². The summed E-state index contributed by atoms with van der Waals surface area (Å²) in [5, 5.41) is 11.4. The Kier molecular flexibility index (Phi) is 9.20. The minimum absolute atomic E-state index is 0.0427. The molecular formula is C29H32F6N2O4. The van der Waals surface area contributed by atoms with Gasteiger partial charge in [0.2, 0.25) is 5.91 Å². The van der Waals surface area contributed by atoms with Crippen LogP contribution in [0.25, 0.3) is 0 Å². The fourth-order valence-corrected chi connectivity index (χ4v) is 5.79. The van der Waals surface area contributed by atoms with Crippen molar-refractivity contribution in [2.24, 2.45) is 5.92 Å². The summed E-state index contributed by atoms with van der Waals surface area (Å²) in [7, 11) is 0. The first-order valence-corrected chi connectivity index (χ1v) is 13.5. The average molecular weight is 587 g/mol. The van der Waals surface area contributed by atoms with E-state index < -0.39 is 41.8 Å². The summed E-state index contributed by atoms with van der Waals surface area (Å²) in [5.74, 6) is -0.645. The Morgan fingerprint density at radius 3 is 2.05 bits per heavy atom. The summed E-state index contributed by atoms with van der Waals surface area (Å²) < 4.78 is 86.7. The molecule has 6 nitrogen and oxygen atoms in total. The molecule has 2 aromatic rings. The first kappa shape index (κ1) is 30.7. The third kappa shape index (κ3) is 7.72. The van der Waals surface area contributed by atoms with Crippen molar-refractivity contribution >= 4 is 12.0 Å². The van der Waals surface area contributed by atoms with Crippen molar-refractivity contribution in [2.75, 3.05) is 13.1 Å². The van der Waals surface area contributed by atoms with E-state index in [0.29, 0.717) is 50.8 Å². The molecule has 2 aliphatic rings. The van der Waals surface area contributed by atoms with E-state index in [4.69, 9.17) is 9.84 Å². The highest BCUT2D eigenvalue weighted by Crippen LogP contribution is 2.40. The van der Waals surface area contributed by atoms with Crippen LogP contribution in [0.5, 0.6) is 0 Å². The van der Waals surface area contributed by atoms with Crippen LogP contribution in [0, 0.1) is 5.92 Å². The van der Waals surface area contributed by atoms with E-state index in [9.17, 15) is 35.9 Å². The van der Waals surface area contributed by atoms with Crippen molar-refractivity contribution in [3.8, 4) is 0 Å². The predicted molar refractivity (Wildman–Crippen MR) is 137 cm³/mol. The number of piperidine rings is 1. The third-order valence-electron chi connectivity index (χ3n) is 7.95. The zero-order valence-corrected chi connectivity index (χ0v) is 22.3. The summed E-state index contributed by atoms with van der Waals surface area (Å²) in [6.45, 7) is 2.03. The molecule has 0 aromatic heterocycles. The highest BCUT2D eigenvalue weighted by atomic mass is 19.4. The number of benzene rings is 2. The fraction of sp³-hybridized carbons (Fsp3) is 0.517. The van der Waals surface area contributed by atoms with Gasteiger partial charge in [0.25, 0.3) is 0 Å². The van der Waals surface area contributed by atoms with Crippen molar-refractivity contribution in [1.29, 1.82) is 0 Å². The third-order valence-corrected chi connectivity index (χ3v) is 7.95. The van der Waals surface area contributed by atoms with Gasteiger partial charge >= 0.3 is 18.4 Å². The number of ether oxygens (including phenoxy) is 1. The van der Waals surface area contributed by atoms with Crippen LogP contribution >= 0.6 is 0 Å². The van der Waals surface area contributed by atoms with Gasteiger partial charge < -0.3 is 20.1 Å². The van der Waals surface area contributed by atoms with Crippen LogP contribution in [-0.4, -0.2) is 47.2 Å². The molecular weight excluding hydrogens is 554 g/mol. The molecule has 1 saturated heterocycles. The van der Waals surface area contributed by atoms with E-state index >= 15 is 0 Å². The quantitative estimate of drug-likeness (QED) is 0.357. The molecule has 0 bridgehead atoms. The Morgan fingerprint density at radius 1 is 0.927 bits per heavy atom. The van der Waals surface area contributed by atoms with Crippen LogP contribution in [0.1, 0.15) is 73.3 Å². The maximum absolute atomic E-state index is 13.4. The van der Waals surface area contributed by atoms with E-state index in [1.807, 2.05) is 30.3 Å². The highest BCUT2D eigenvalue weighted by molar-refractivity contribution is 5.79. The molecule has 1 aliphatic carbocycles. The molecule has 1 aliphatic heterocycles. The molecule has 2 fully saturated rings. The maximum atomic E-state index is 13.4. The molecule has 224 valence electrons. The molecule has 1 saturated carbocycles. The lowest BCUT2D eigenvalue weighted by Gasteiger charge is -2.41. The van der Waals surface area contributed by atoms with E-state index in [1.165, 1.54) is 6.92 Å².